The Kier molecular flexibility index (Phi) is 2.69. The van der Waals surface area contributed by atoms with Crippen LogP contribution in [0.1, 0.15) is 13.3 Å². The summed E-state index contributed by atoms with van der Waals surface area (Å²) in [5.74, 6) is -0.733. The van der Waals surface area contributed by atoms with E-state index in [0.717, 1.165) is 6.54 Å². The molecule has 1 heterocycles. The lowest BCUT2D eigenvalue weighted by molar-refractivity contribution is -0.147. The number of carbonyl (C=O) groups is 1. The van der Waals surface area contributed by atoms with E-state index < -0.39 is 11.4 Å². The summed E-state index contributed by atoms with van der Waals surface area (Å²) >= 11 is 0. The normalized spacial score (nSPS) is 30.8. The third kappa shape index (κ3) is 1.76. The van der Waals surface area contributed by atoms with Crippen LogP contribution in [0.5, 0.6) is 0 Å². The van der Waals surface area contributed by atoms with Gasteiger partial charge in [0.1, 0.15) is 0 Å². The molecule has 1 aliphatic rings. The van der Waals surface area contributed by atoms with Crippen LogP contribution < -0.4 is 0 Å². The molecule has 1 saturated heterocycles. The zero-order chi connectivity index (χ0) is 9.19. The van der Waals surface area contributed by atoms with Gasteiger partial charge in [-0.05, 0) is 19.9 Å². The average molecular weight is 173 g/mol. The van der Waals surface area contributed by atoms with Gasteiger partial charge in [-0.3, -0.25) is 9.69 Å². The van der Waals surface area contributed by atoms with Gasteiger partial charge in [0, 0.05) is 13.1 Å². The predicted octanol–water partition coefficient (Wildman–Crippen LogP) is -0.225. The van der Waals surface area contributed by atoms with E-state index in [4.69, 9.17) is 10.2 Å². The van der Waals surface area contributed by atoms with Crippen molar-refractivity contribution in [1.82, 2.24) is 4.90 Å². The fourth-order valence-corrected chi connectivity index (χ4v) is 1.56. The quantitative estimate of drug-likeness (QED) is 0.619. The third-order valence-electron chi connectivity index (χ3n) is 2.48. The Balaban J connectivity index is 2.49. The Morgan fingerprint density at radius 3 is 2.75 bits per heavy atom. The van der Waals surface area contributed by atoms with Crippen molar-refractivity contribution in [3.8, 4) is 0 Å². The minimum Gasteiger partial charge on any atom is -0.481 e. The smallest absolute Gasteiger partial charge is 0.310 e. The number of aliphatic hydroxyl groups excluding tert-OH is 1. The van der Waals surface area contributed by atoms with E-state index in [2.05, 4.69) is 0 Å². The predicted molar refractivity (Wildman–Crippen MR) is 43.9 cm³/mol. The second kappa shape index (κ2) is 3.41. The van der Waals surface area contributed by atoms with Crippen LogP contribution in [0.3, 0.4) is 0 Å². The Labute approximate surface area is 71.8 Å². The molecular formula is C8H15NO3. The zero-order valence-corrected chi connectivity index (χ0v) is 7.29. The van der Waals surface area contributed by atoms with Gasteiger partial charge in [0.15, 0.2) is 0 Å². The average Bonchev–Trinajstić information content (AvgIpc) is 2.34. The van der Waals surface area contributed by atoms with Crippen LogP contribution in [0.25, 0.3) is 0 Å². The van der Waals surface area contributed by atoms with Gasteiger partial charge >= 0.3 is 5.97 Å². The van der Waals surface area contributed by atoms with Gasteiger partial charge in [0.25, 0.3) is 0 Å². The van der Waals surface area contributed by atoms with Crippen LogP contribution in [0.4, 0.5) is 0 Å². The summed E-state index contributed by atoms with van der Waals surface area (Å²) < 4.78 is 0. The number of β-amino-alcohol motifs (C(OH)–C–C–N with tert-alkyl or cyclic N) is 1. The molecule has 70 valence electrons. The number of aliphatic carboxylic acids is 1. The molecule has 1 atom stereocenters. The maximum atomic E-state index is 10.8. The summed E-state index contributed by atoms with van der Waals surface area (Å²) in [6, 6.07) is 0. The Morgan fingerprint density at radius 2 is 2.33 bits per heavy atom. The van der Waals surface area contributed by atoms with Gasteiger partial charge in [-0.25, -0.2) is 0 Å². The molecule has 1 fully saturated rings. The molecule has 1 rings (SSSR count). The zero-order valence-electron chi connectivity index (χ0n) is 7.29. The van der Waals surface area contributed by atoms with Crippen LogP contribution in [0.15, 0.2) is 0 Å². The van der Waals surface area contributed by atoms with Crippen molar-refractivity contribution < 1.29 is 15.0 Å². The number of rotatable bonds is 3. The Morgan fingerprint density at radius 1 is 1.67 bits per heavy atom. The van der Waals surface area contributed by atoms with Crippen LogP contribution in [0, 0.1) is 5.41 Å². The SMILES string of the molecule is CC1(C(=O)O)CCN(CCO)C1. The summed E-state index contributed by atoms with van der Waals surface area (Å²) in [7, 11) is 0. The fraction of sp³-hybridized carbons (Fsp3) is 0.875. The van der Waals surface area contributed by atoms with Gasteiger partial charge in [-0.15, -0.1) is 0 Å². The molecular weight excluding hydrogens is 158 g/mol. The Hall–Kier alpha value is -0.610. The van der Waals surface area contributed by atoms with Gasteiger partial charge < -0.3 is 10.2 Å². The summed E-state index contributed by atoms with van der Waals surface area (Å²) in [6.45, 7) is 3.79. The first-order valence-corrected chi connectivity index (χ1v) is 4.15. The molecule has 0 aromatic heterocycles. The number of likely N-dealkylation sites (tertiary alicyclic amines) is 1. The molecule has 4 heteroatoms. The molecule has 0 spiro atoms. The molecule has 4 nitrogen and oxygen atoms in total. The molecule has 1 aliphatic heterocycles. The van der Waals surface area contributed by atoms with Gasteiger partial charge in [-0.2, -0.15) is 0 Å². The molecule has 2 N–H and O–H groups in total. The molecule has 0 aliphatic carbocycles. The van der Waals surface area contributed by atoms with E-state index in [-0.39, 0.29) is 6.61 Å². The lowest BCUT2D eigenvalue weighted by atomic mass is 9.90. The van der Waals surface area contributed by atoms with Gasteiger partial charge in [0.2, 0.25) is 0 Å². The van der Waals surface area contributed by atoms with E-state index in [1.165, 1.54) is 0 Å². The maximum absolute atomic E-state index is 10.8. The van der Waals surface area contributed by atoms with Crippen LogP contribution in [-0.4, -0.2) is 47.3 Å². The van der Waals surface area contributed by atoms with E-state index in [1.807, 2.05) is 4.90 Å². The molecule has 0 radical (unpaired) electrons. The first kappa shape index (κ1) is 9.48. The standard InChI is InChI=1S/C8H15NO3/c1-8(7(11)12)2-3-9(6-8)4-5-10/h10H,2-6H2,1H3,(H,11,12). The molecule has 0 aromatic carbocycles. The lowest BCUT2D eigenvalue weighted by Gasteiger charge is -2.18. The minimum atomic E-state index is -0.733. The molecule has 0 saturated carbocycles. The van der Waals surface area contributed by atoms with Crippen molar-refractivity contribution in [3.05, 3.63) is 0 Å². The summed E-state index contributed by atoms with van der Waals surface area (Å²) in [6.07, 6.45) is 0.683. The monoisotopic (exact) mass is 173 g/mol. The number of carboxylic acid groups (broad SMARTS) is 1. The number of carboxylic acids is 1. The molecule has 0 aromatic rings. The minimum absolute atomic E-state index is 0.107. The van der Waals surface area contributed by atoms with E-state index in [1.54, 1.807) is 6.92 Å². The van der Waals surface area contributed by atoms with Crippen LogP contribution in [-0.2, 0) is 4.79 Å². The molecule has 1 unspecified atom stereocenters. The summed E-state index contributed by atoms with van der Waals surface area (Å²) in [5.41, 5.74) is -0.602. The molecule has 12 heavy (non-hydrogen) atoms. The number of hydrogen-bond donors (Lipinski definition) is 2. The van der Waals surface area contributed by atoms with Gasteiger partial charge in [0.05, 0.1) is 12.0 Å². The second-order valence-electron chi connectivity index (χ2n) is 3.62. The fourth-order valence-electron chi connectivity index (χ4n) is 1.56. The lowest BCUT2D eigenvalue weighted by Crippen LogP contribution is -2.32. The highest BCUT2D eigenvalue weighted by Crippen LogP contribution is 2.29. The first-order valence-electron chi connectivity index (χ1n) is 4.15. The summed E-state index contributed by atoms with van der Waals surface area (Å²) in [5, 5.41) is 17.5. The van der Waals surface area contributed by atoms with Gasteiger partial charge in [-0.1, -0.05) is 0 Å². The van der Waals surface area contributed by atoms with Crippen molar-refractivity contribution in [2.45, 2.75) is 13.3 Å². The van der Waals surface area contributed by atoms with Crippen molar-refractivity contribution in [2.75, 3.05) is 26.2 Å². The van der Waals surface area contributed by atoms with E-state index >= 15 is 0 Å². The maximum Gasteiger partial charge on any atom is 0.310 e. The van der Waals surface area contributed by atoms with Crippen molar-refractivity contribution >= 4 is 5.97 Å². The van der Waals surface area contributed by atoms with Crippen LogP contribution in [0.2, 0.25) is 0 Å². The highest BCUT2D eigenvalue weighted by Gasteiger charge is 2.39. The number of hydrogen-bond acceptors (Lipinski definition) is 3. The molecule has 0 bridgehead atoms. The highest BCUT2D eigenvalue weighted by atomic mass is 16.4. The third-order valence-corrected chi connectivity index (χ3v) is 2.48. The van der Waals surface area contributed by atoms with Crippen molar-refractivity contribution in [2.24, 2.45) is 5.41 Å². The van der Waals surface area contributed by atoms with E-state index in [9.17, 15) is 4.79 Å². The van der Waals surface area contributed by atoms with Crippen molar-refractivity contribution in [1.29, 1.82) is 0 Å². The molecule has 0 amide bonds. The Bertz CT molecular complexity index is 183. The van der Waals surface area contributed by atoms with Crippen LogP contribution >= 0.6 is 0 Å². The first-order chi connectivity index (χ1) is 5.58. The largest absolute Gasteiger partial charge is 0.481 e. The van der Waals surface area contributed by atoms with Crippen molar-refractivity contribution in [3.63, 3.8) is 0 Å². The topological polar surface area (TPSA) is 60.8 Å². The highest BCUT2D eigenvalue weighted by molar-refractivity contribution is 5.74. The number of aliphatic hydroxyl groups is 1. The summed E-state index contributed by atoms with van der Waals surface area (Å²) in [4.78, 5) is 12.8. The van der Waals surface area contributed by atoms with E-state index in [0.29, 0.717) is 19.5 Å². The second-order valence-corrected chi connectivity index (χ2v) is 3.62. The number of nitrogens with zero attached hydrogens (tertiary/aromatic N) is 1.